The zero-order valence-corrected chi connectivity index (χ0v) is 12.3. The average molecular weight is 288 g/mol. The highest BCUT2D eigenvalue weighted by Crippen LogP contribution is 2.25. The lowest BCUT2D eigenvalue weighted by Crippen LogP contribution is -2.46. The number of carboxylic acid groups (broad SMARTS) is 1. The summed E-state index contributed by atoms with van der Waals surface area (Å²) in [6.07, 6.45) is 0.955. The summed E-state index contributed by atoms with van der Waals surface area (Å²) in [4.78, 5) is 33.8. The van der Waals surface area contributed by atoms with Gasteiger partial charge in [-0.05, 0) is 19.8 Å². The number of hydrogen-bond donors (Lipinski definition) is 3. The lowest BCUT2D eigenvalue weighted by atomic mass is 9.82. The predicted molar refractivity (Wildman–Crippen MR) is 73.3 cm³/mol. The number of ether oxygens (including phenoxy) is 1. The quantitative estimate of drug-likeness (QED) is 0.552. The molecule has 0 rings (SSSR count). The average Bonchev–Trinajstić information content (AvgIpc) is 2.40. The monoisotopic (exact) mass is 288 g/mol. The van der Waals surface area contributed by atoms with Crippen molar-refractivity contribution >= 4 is 18.0 Å². The molecule has 0 fully saturated rings. The van der Waals surface area contributed by atoms with Crippen molar-refractivity contribution in [2.75, 3.05) is 19.7 Å². The second kappa shape index (κ2) is 9.17. The Morgan fingerprint density at radius 3 is 2.15 bits per heavy atom. The maximum atomic E-state index is 11.5. The van der Waals surface area contributed by atoms with Crippen LogP contribution in [0.15, 0.2) is 0 Å². The van der Waals surface area contributed by atoms with Crippen LogP contribution < -0.4 is 10.6 Å². The molecular formula is C13H24N2O5. The fourth-order valence-electron chi connectivity index (χ4n) is 1.70. The van der Waals surface area contributed by atoms with Gasteiger partial charge in [0.25, 0.3) is 0 Å². The minimum Gasteiger partial charge on any atom is -0.481 e. The van der Waals surface area contributed by atoms with Crippen molar-refractivity contribution in [2.24, 2.45) is 5.41 Å². The van der Waals surface area contributed by atoms with Gasteiger partial charge in [0.1, 0.15) is 0 Å². The maximum Gasteiger partial charge on any atom is 0.314 e. The van der Waals surface area contributed by atoms with Gasteiger partial charge in [0.2, 0.25) is 0 Å². The number of hydrogen-bond acceptors (Lipinski definition) is 4. The molecule has 0 aliphatic heterocycles. The molecule has 116 valence electrons. The molecule has 0 spiro atoms. The summed E-state index contributed by atoms with van der Waals surface area (Å²) in [6.45, 7) is 5.78. The van der Waals surface area contributed by atoms with Crippen LogP contribution in [-0.4, -0.2) is 42.8 Å². The van der Waals surface area contributed by atoms with E-state index in [2.05, 4.69) is 10.6 Å². The van der Waals surface area contributed by atoms with Gasteiger partial charge in [-0.25, -0.2) is 4.79 Å². The van der Waals surface area contributed by atoms with Gasteiger partial charge in [-0.3, -0.25) is 9.59 Å². The van der Waals surface area contributed by atoms with E-state index in [4.69, 9.17) is 4.74 Å². The Bertz CT molecular complexity index is 340. The van der Waals surface area contributed by atoms with E-state index in [1.54, 1.807) is 20.8 Å². The maximum absolute atomic E-state index is 11.5. The van der Waals surface area contributed by atoms with E-state index in [0.717, 1.165) is 0 Å². The molecule has 0 unspecified atom stereocenters. The Labute approximate surface area is 119 Å². The van der Waals surface area contributed by atoms with Crippen molar-refractivity contribution in [1.29, 1.82) is 0 Å². The summed E-state index contributed by atoms with van der Waals surface area (Å²) >= 11 is 0. The lowest BCUT2D eigenvalue weighted by Gasteiger charge is -2.26. The van der Waals surface area contributed by atoms with Crippen LogP contribution in [-0.2, 0) is 14.3 Å². The molecule has 0 atom stereocenters. The highest BCUT2D eigenvalue weighted by Gasteiger charge is 2.35. The Hall–Kier alpha value is -1.79. The molecule has 3 N–H and O–H groups in total. The van der Waals surface area contributed by atoms with Crippen LogP contribution in [0.25, 0.3) is 0 Å². The number of carbonyl (C=O) groups excluding carboxylic acids is 2. The van der Waals surface area contributed by atoms with Crippen LogP contribution in [0.3, 0.4) is 0 Å². The Balaban J connectivity index is 4.09. The number of aliphatic carboxylic acids is 1. The predicted octanol–water partition coefficient (Wildman–Crippen LogP) is 1.13. The molecule has 7 nitrogen and oxygen atoms in total. The smallest absolute Gasteiger partial charge is 0.314 e. The molecule has 0 bridgehead atoms. The zero-order chi connectivity index (χ0) is 15.6. The van der Waals surface area contributed by atoms with Gasteiger partial charge in [-0.2, -0.15) is 0 Å². The Kier molecular flexibility index (Phi) is 8.35. The van der Waals surface area contributed by atoms with E-state index in [-0.39, 0.29) is 25.5 Å². The molecule has 0 aliphatic carbocycles. The molecule has 0 aromatic carbocycles. The number of carbonyl (C=O) groups is 3. The third-order valence-electron chi connectivity index (χ3n) is 3.31. The van der Waals surface area contributed by atoms with Gasteiger partial charge in [-0.1, -0.05) is 13.8 Å². The van der Waals surface area contributed by atoms with Crippen LogP contribution in [0.2, 0.25) is 0 Å². The van der Waals surface area contributed by atoms with E-state index in [9.17, 15) is 19.5 Å². The molecule has 0 aliphatic rings. The molecule has 20 heavy (non-hydrogen) atoms. The van der Waals surface area contributed by atoms with Gasteiger partial charge >= 0.3 is 18.0 Å². The third-order valence-corrected chi connectivity index (χ3v) is 3.31. The minimum atomic E-state index is -0.946. The van der Waals surface area contributed by atoms with E-state index in [1.165, 1.54) is 0 Å². The first-order valence-corrected chi connectivity index (χ1v) is 6.82. The summed E-state index contributed by atoms with van der Waals surface area (Å²) in [7, 11) is 0. The molecular weight excluding hydrogens is 264 g/mol. The minimum absolute atomic E-state index is 0.0561. The molecule has 0 aromatic rings. The number of urea groups is 1. The second-order valence-electron chi connectivity index (χ2n) is 4.46. The topological polar surface area (TPSA) is 105 Å². The molecule has 0 saturated carbocycles. The molecule has 0 saturated heterocycles. The van der Waals surface area contributed by atoms with Crippen LogP contribution in [0.1, 0.15) is 40.0 Å². The summed E-state index contributed by atoms with van der Waals surface area (Å²) in [5.41, 5.74) is -0.946. The normalized spacial score (nSPS) is 10.8. The molecule has 2 amide bonds. The van der Waals surface area contributed by atoms with Crippen LogP contribution in [0, 0.1) is 5.41 Å². The Morgan fingerprint density at radius 1 is 1.10 bits per heavy atom. The number of carboxylic acids is 1. The second-order valence-corrected chi connectivity index (χ2v) is 4.46. The van der Waals surface area contributed by atoms with E-state index < -0.39 is 17.4 Å². The van der Waals surface area contributed by atoms with E-state index in [1.807, 2.05) is 0 Å². The molecule has 0 aromatic heterocycles. The zero-order valence-electron chi connectivity index (χ0n) is 12.3. The van der Waals surface area contributed by atoms with Gasteiger partial charge < -0.3 is 20.5 Å². The summed E-state index contributed by atoms with van der Waals surface area (Å²) < 4.78 is 4.72. The number of esters is 1. The summed E-state index contributed by atoms with van der Waals surface area (Å²) in [5.74, 6) is -1.30. The first-order valence-electron chi connectivity index (χ1n) is 6.82. The first-order chi connectivity index (χ1) is 9.41. The Morgan fingerprint density at radius 2 is 1.70 bits per heavy atom. The van der Waals surface area contributed by atoms with Crippen molar-refractivity contribution in [3.63, 3.8) is 0 Å². The number of nitrogens with one attached hydrogen (secondary N) is 2. The standard InChI is InChI=1S/C13H24N2O5/c1-4-13(5-2,11(17)18)9-15-12(19)14-8-7-10(16)20-6-3/h4-9H2,1-3H3,(H,17,18)(H2,14,15,19). The number of amides is 2. The van der Waals surface area contributed by atoms with Crippen molar-refractivity contribution < 1.29 is 24.2 Å². The summed E-state index contributed by atoms with van der Waals surface area (Å²) in [5, 5.41) is 14.2. The lowest BCUT2D eigenvalue weighted by molar-refractivity contribution is -0.149. The van der Waals surface area contributed by atoms with Crippen molar-refractivity contribution in [3.8, 4) is 0 Å². The van der Waals surface area contributed by atoms with Crippen molar-refractivity contribution in [2.45, 2.75) is 40.0 Å². The summed E-state index contributed by atoms with van der Waals surface area (Å²) in [6, 6.07) is -0.484. The van der Waals surface area contributed by atoms with Crippen LogP contribution in [0.5, 0.6) is 0 Å². The molecule has 0 radical (unpaired) electrons. The van der Waals surface area contributed by atoms with Crippen LogP contribution >= 0.6 is 0 Å². The van der Waals surface area contributed by atoms with Gasteiger partial charge in [0.05, 0.1) is 18.4 Å². The fourth-order valence-corrected chi connectivity index (χ4v) is 1.70. The molecule has 7 heteroatoms. The largest absolute Gasteiger partial charge is 0.481 e. The van der Waals surface area contributed by atoms with Gasteiger partial charge in [0.15, 0.2) is 0 Å². The van der Waals surface area contributed by atoms with E-state index >= 15 is 0 Å². The van der Waals surface area contributed by atoms with Gasteiger partial charge in [0, 0.05) is 13.1 Å². The first kappa shape index (κ1) is 18.2. The number of rotatable bonds is 9. The third kappa shape index (κ3) is 5.90. The van der Waals surface area contributed by atoms with Crippen LogP contribution in [0.4, 0.5) is 4.79 Å². The SMILES string of the molecule is CCOC(=O)CCNC(=O)NCC(CC)(CC)C(=O)O. The van der Waals surface area contributed by atoms with Crippen molar-refractivity contribution in [1.82, 2.24) is 10.6 Å². The highest BCUT2D eigenvalue weighted by molar-refractivity contribution is 5.78. The van der Waals surface area contributed by atoms with Gasteiger partial charge in [-0.15, -0.1) is 0 Å². The molecule has 0 heterocycles. The highest BCUT2D eigenvalue weighted by atomic mass is 16.5. The van der Waals surface area contributed by atoms with E-state index in [0.29, 0.717) is 19.4 Å². The van der Waals surface area contributed by atoms with Crippen molar-refractivity contribution in [3.05, 3.63) is 0 Å². The fraction of sp³-hybridized carbons (Fsp3) is 0.769.